The minimum atomic E-state index is -0.584. The monoisotopic (exact) mass is 290 g/mol. The molecule has 0 unspecified atom stereocenters. The van der Waals surface area contributed by atoms with Gasteiger partial charge >= 0.3 is 6.09 Å². The van der Waals surface area contributed by atoms with Crippen molar-refractivity contribution in [3.63, 3.8) is 0 Å². The highest BCUT2D eigenvalue weighted by Crippen LogP contribution is 2.15. The highest BCUT2D eigenvalue weighted by Gasteiger charge is 2.06. The third-order valence-corrected chi connectivity index (χ3v) is 2.32. The number of nitrogens with one attached hydrogen (secondary N) is 1. The van der Waals surface area contributed by atoms with E-state index < -0.39 is 11.9 Å². The van der Waals surface area contributed by atoms with Crippen LogP contribution in [0, 0.1) is 5.82 Å². The van der Waals surface area contributed by atoms with Gasteiger partial charge in [-0.25, -0.2) is 14.2 Å². The third kappa shape index (κ3) is 4.14. The van der Waals surface area contributed by atoms with E-state index in [4.69, 9.17) is 4.74 Å². The molecule has 0 fully saturated rings. The molecule has 0 spiro atoms. The Morgan fingerprint density at radius 1 is 1.62 bits per heavy atom. The Labute approximate surface area is 101 Å². The number of pyridine rings is 1. The lowest BCUT2D eigenvalue weighted by molar-refractivity contribution is 0.160. The fourth-order valence-electron chi connectivity index (χ4n) is 0.937. The van der Waals surface area contributed by atoms with Gasteiger partial charge in [0.1, 0.15) is 10.4 Å². The number of carbonyl (C=O) groups is 1. The van der Waals surface area contributed by atoms with Gasteiger partial charge in [-0.15, -0.1) is 0 Å². The van der Waals surface area contributed by atoms with Crippen molar-refractivity contribution in [3.05, 3.63) is 22.6 Å². The Kier molecular flexibility index (Phi) is 5.18. The molecule has 0 radical (unpaired) electrons. The Bertz CT molecular complexity index is 374. The molecule has 0 bridgehead atoms. The fraction of sp³-hybridized carbons (Fsp3) is 0.400. The average molecular weight is 291 g/mol. The molecule has 6 heteroatoms. The minimum absolute atomic E-state index is 0.0545. The molecule has 1 rings (SSSR count). The zero-order chi connectivity index (χ0) is 12.0. The topological polar surface area (TPSA) is 51.2 Å². The normalized spacial score (nSPS) is 9.94. The van der Waals surface area contributed by atoms with Gasteiger partial charge in [0.15, 0.2) is 5.82 Å². The van der Waals surface area contributed by atoms with Crippen LogP contribution in [0.25, 0.3) is 0 Å². The zero-order valence-electron chi connectivity index (χ0n) is 8.80. The second kappa shape index (κ2) is 6.42. The molecule has 0 aliphatic rings. The summed E-state index contributed by atoms with van der Waals surface area (Å²) in [5, 5.41) is 2.40. The maximum Gasteiger partial charge on any atom is 0.412 e. The molecule has 1 aromatic rings. The molecule has 88 valence electrons. The number of halogens is 2. The highest BCUT2D eigenvalue weighted by molar-refractivity contribution is 9.10. The van der Waals surface area contributed by atoms with Crippen molar-refractivity contribution >= 4 is 27.8 Å². The molecular weight excluding hydrogens is 279 g/mol. The average Bonchev–Trinajstić information content (AvgIpc) is 2.24. The second-order valence-electron chi connectivity index (χ2n) is 3.08. The lowest BCUT2D eigenvalue weighted by Crippen LogP contribution is -2.15. The van der Waals surface area contributed by atoms with Gasteiger partial charge in [-0.05, 0) is 34.5 Å². The number of hydrogen-bond donors (Lipinski definition) is 1. The molecule has 0 aliphatic heterocycles. The number of aromatic nitrogens is 1. The number of carbonyl (C=O) groups excluding carboxylic acids is 1. The van der Waals surface area contributed by atoms with Gasteiger partial charge in [0.2, 0.25) is 0 Å². The van der Waals surface area contributed by atoms with Crippen molar-refractivity contribution in [1.82, 2.24) is 4.98 Å². The first-order valence-electron chi connectivity index (χ1n) is 4.89. The van der Waals surface area contributed by atoms with Gasteiger partial charge in [-0.3, -0.25) is 5.32 Å². The van der Waals surface area contributed by atoms with E-state index in [0.29, 0.717) is 6.61 Å². The smallest absolute Gasteiger partial charge is 0.412 e. The van der Waals surface area contributed by atoms with E-state index >= 15 is 0 Å². The van der Waals surface area contributed by atoms with Gasteiger partial charge < -0.3 is 4.74 Å². The Morgan fingerprint density at radius 3 is 3.00 bits per heavy atom. The first kappa shape index (κ1) is 12.9. The van der Waals surface area contributed by atoms with Crippen LogP contribution in [0.4, 0.5) is 15.0 Å². The number of rotatable bonds is 4. The van der Waals surface area contributed by atoms with Crippen LogP contribution in [0.1, 0.15) is 19.8 Å². The number of anilines is 1. The predicted octanol–water partition coefficient (Wildman–Crippen LogP) is 3.33. The molecule has 1 amide bonds. The maximum atomic E-state index is 12.8. The van der Waals surface area contributed by atoms with Gasteiger partial charge in [-0.1, -0.05) is 13.3 Å². The molecule has 0 atom stereocenters. The van der Waals surface area contributed by atoms with Crippen LogP contribution in [-0.4, -0.2) is 17.7 Å². The Hall–Kier alpha value is -1.17. The summed E-state index contributed by atoms with van der Waals surface area (Å²) in [6.45, 7) is 2.37. The fourth-order valence-corrected chi connectivity index (χ4v) is 1.26. The summed E-state index contributed by atoms with van der Waals surface area (Å²) in [5.41, 5.74) is 0. The first-order valence-corrected chi connectivity index (χ1v) is 5.68. The van der Waals surface area contributed by atoms with Crippen molar-refractivity contribution in [1.29, 1.82) is 0 Å². The van der Waals surface area contributed by atoms with Crippen LogP contribution in [0.2, 0.25) is 0 Å². The number of nitrogens with zero attached hydrogens (tertiary/aromatic N) is 1. The minimum Gasteiger partial charge on any atom is -0.449 e. The number of amides is 1. The molecule has 1 heterocycles. The van der Waals surface area contributed by atoms with E-state index in [1.165, 1.54) is 12.1 Å². The van der Waals surface area contributed by atoms with E-state index in [2.05, 4.69) is 26.2 Å². The van der Waals surface area contributed by atoms with Crippen LogP contribution in [-0.2, 0) is 4.74 Å². The largest absolute Gasteiger partial charge is 0.449 e. The van der Waals surface area contributed by atoms with Gasteiger partial charge in [-0.2, -0.15) is 0 Å². The zero-order valence-corrected chi connectivity index (χ0v) is 10.4. The second-order valence-corrected chi connectivity index (χ2v) is 3.83. The molecule has 0 saturated carbocycles. The molecule has 4 nitrogen and oxygen atoms in total. The Balaban J connectivity index is 2.46. The summed E-state index contributed by atoms with van der Waals surface area (Å²) in [4.78, 5) is 15.0. The summed E-state index contributed by atoms with van der Waals surface area (Å²) >= 11 is 2.92. The number of ether oxygens (including phenoxy) is 1. The molecule has 1 aromatic heterocycles. The Morgan fingerprint density at radius 2 is 2.38 bits per heavy atom. The van der Waals surface area contributed by atoms with Crippen LogP contribution in [0.5, 0.6) is 0 Å². The van der Waals surface area contributed by atoms with Gasteiger partial charge in [0, 0.05) is 0 Å². The summed E-state index contributed by atoms with van der Waals surface area (Å²) < 4.78 is 17.7. The molecule has 0 aromatic carbocycles. The maximum absolute atomic E-state index is 12.8. The summed E-state index contributed by atoms with van der Waals surface area (Å²) in [7, 11) is 0. The molecule has 16 heavy (non-hydrogen) atoms. The molecule has 0 aliphatic carbocycles. The van der Waals surface area contributed by atoms with Crippen molar-refractivity contribution in [2.45, 2.75) is 19.8 Å². The van der Waals surface area contributed by atoms with E-state index in [0.717, 1.165) is 12.8 Å². The van der Waals surface area contributed by atoms with Gasteiger partial charge in [0.25, 0.3) is 0 Å². The van der Waals surface area contributed by atoms with Crippen LogP contribution < -0.4 is 5.32 Å². The highest BCUT2D eigenvalue weighted by atomic mass is 79.9. The van der Waals surface area contributed by atoms with E-state index in [1.807, 2.05) is 6.92 Å². The molecular formula is C10H12BrFN2O2. The summed E-state index contributed by atoms with van der Waals surface area (Å²) in [6.07, 6.45) is 1.18. The standard InChI is InChI=1S/C10H12BrFN2O2/c1-2-3-6-16-10(15)14-8-5-4-7(12)9(11)13-8/h4-5H,2-3,6H2,1H3,(H,13,14,15). The summed E-state index contributed by atoms with van der Waals surface area (Å²) in [5.74, 6) is -0.236. The van der Waals surface area contributed by atoms with E-state index in [9.17, 15) is 9.18 Å². The van der Waals surface area contributed by atoms with Crippen molar-refractivity contribution in [2.24, 2.45) is 0 Å². The van der Waals surface area contributed by atoms with Crippen LogP contribution in [0.3, 0.4) is 0 Å². The van der Waals surface area contributed by atoms with E-state index in [1.54, 1.807) is 0 Å². The van der Waals surface area contributed by atoms with Crippen molar-refractivity contribution in [2.75, 3.05) is 11.9 Å². The lowest BCUT2D eigenvalue weighted by Gasteiger charge is -2.05. The van der Waals surface area contributed by atoms with Crippen molar-refractivity contribution in [3.8, 4) is 0 Å². The molecule has 1 N–H and O–H groups in total. The van der Waals surface area contributed by atoms with Crippen molar-refractivity contribution < 1.29 is 13.9 Å². The predicted molar refractivity (Wildman–Crippen MR) is 61.8 cm³/mol. The number of hydrogen-bond acceptors (Lipinski definition) is 3. The van der Waals surface area contributed by atoms with E-state index in [-0.39, 0.29) is 10.4 Å². The SMILES string of the molecule is CCCCOC(=O)Nc1ccc(F)c(Br)n1. The molecule has 0 saturated heterocycles. The van der Waals surface area contributed by atoms with Gasteiger partial charge in [0.05, 0.1) is 6.61 Å². The quantitative estimate of drug-likeness (QED) is 0.683. The van der Waals surface area contributed by atoms with Crippen LogP contribution >= 0.6 is 15.9 Å². The lowest BCUT2D eigenvalue weighted by atomic mass is 10.4. The number of unbranched alkanes of at least 4 members (excludes halogenated alkanes) is 1. The third-order valence-electron chi connectivity index (χ3n) is 1.76. The first-order chi connectivity index (χ1) is 7.63. The van der Waals surface area contributed by atoms with Crippen LogP contribution in [0.15, 0.2) is 16.7 Å². The summed E-state index contributed by atoms with van der Waals surface area (Å²) in [6, 6.07) is 2.57.